The predicted molar refractivity (Wildman–Crippen MR) is 83.8 cm³/mol. The fourth-order valence-electron chi connectivity index (χ4n) is 2.53. The van der Waals surface area contributed by atoms with Crippen molar-refractivity contribution in [2.45, 2.75) is 26.4 Å². The van der Waals surface area contributed by atoms with Crippen LogP contribution >= 0.6 is 0 Å². The molecule has 6 nitrogen and oxygen atoms in total. The Balaban J connectivity index is 2.08. The second kappa shape index (κ2) is 6.79. The molecule has 2 rings (SSSR count). The first-order valence-electron chi connectivity index (χ1n) is 7.37. The minimum atomic E-state index is -0.380. The van der Waals surface area contributed by atoms with Gasteiger partial charge in [0.1, 0.15) is 5.75 Å². The summed E-state index contributed by atoms with van der Waals surface area (Å²) in [5.41, 5.74) is 2.16. The van der Waals surface area contributed by atoms with Crippen LogP contribution in [0.2, 0.25) is 0 Å². The highest BCUT2D eigenvalue weighted by atomic mass is 16.5. The first-order chi connectivity index (χ1) is 10.4. The molecule has 1 aliphatic heterocycles. The number of nitrogens with zero attached hydrogens (tertiary/aromatic N) is 2. The number of carbonyl (C=O) groups excluding carboxylic acids is 2. The van der Waals surface area contributed by atoms with Crippen molar-refractivity contribution in [3.63, 3.8) is 0 Å². The number of hydrogen-bond acceptors (Lipinski definition) is 4. The van der Waals surface area contributed by atoms with Crippen LogP contribution < -0.4 is 10.1 Å². The number of imide groups is 1. The van der Waals surface area contributed by atoms with E-state index in [1.807, 2.05) is 37.9 Å². The molecular formula is C16H23N3O3. The van der Waals surface area contributed by atoms with Gasteiger partial charge in [-0.2, -0.15) is 0 Å². The molecule has 1 N–H and O–H groups in total. The van der Waals surface area contributed by atoms with E-state index in [-0.39, 0.29) is 18.0 Å². The normalized spacial score (nSPS) is 15.9. The number of amides is 3. The summed E-state index contributed by atoms with van der Waals surface area (Å²) in [6.07, 6.45) is 0. The summed E-state index contributed by atoms with van der Waals surface area (Å²) in [6, 6.07) is 5.28. The number of benzene rings is 1. The van der Waals surface area contributed by atoms with Crippen LogP contribution in [-0.2, 0) is 11.3 Å². The molecule has 0 saturated carbocycles. The Hall–Kier alpha value is -2.08. The number of nitrogens with one attached hydrogen (secondary N) is 1. The summed E-state index contributed by atoms with van der Waals surface area (Å²) in [7, 11) is 3.51. The van der Waals surface area contributed by atoms with Gasteiger partial charge in [-0.15, -0.1) is 0 Å². The van der Waals surface area contributed by atoms with Gasteiger partial charge in [-0.25, -0.2) is 4.79 Å². The van der Waals surface area contributed by atoms with Crippen LogP contribution in [0.3, 0.4) is 0 Å². The van der Waals surface area contributed by atoms with Gasteiger partial charge in [0.15, 0.2) is 0 Å². The van der Waals surface area contributed by atoms with E-state index >= 15 is 0 Å². The summed E-state index contributed by atoms with van der Waals surface area (Å²) in [5, 5.41) is 2.65. The molecule has 0 aliphatic carbocycles. The third kappa shape index (κ3) is 3.39. The molecule has 1 aliphatic rings. The molecule has 3 amide bonds. The van der Waals surface area contributed by atoms with Gasteiger partial charge in [0.2, 0.25) is 5.91 Å². The van der Waals surface area contributed by atoms with Gasteiger partial charge in [-0.1, -0.05) is 17.7 Å². The number of hydrogen-bond donors (Lipinski definition) is 1. The second-order valence-electron chi connectivity index (χ2n) is 5.63. The number of likely N-dealkylation sites (N-methyl/N-ethyl adjacent to an activating group) is 1. The topological polar surface area (TPSA) is 61.9 Å². The Bertz CT molecular complexity index is 574. The number of methoxy groups -OCH3 is 1. The maximum atomic E-state index is 12.4. The molecule has 0 aromatic heterocycles. The SMILES string of the molecule is COc1ccc(C)cc1CN(C)[C@H](C)C(=O)N1CCNC1=O. The van der Waals surface area contributed by atoms with E-state index in [1.165, 1.54) is 4.90 Å². The molecule has 22 heavy (non-hydrogen) atoms. The highest BCUT2D eigenvalue weighted by Crippen LogP contribution is 2.22. The quantitative estimate of drug-likeness (QED) is 0.892. The van der Waals surface area contributed by atoms with E-state index in [9.17, 15) is 9.59 Å². The van der Waals surface area contributed by atoms with Crippen LogP contribution in [-0.4, -0.2) is 55.0 Å². The van der Waals surface area contributed by atoms with Gasteiger partial charge in [0.05, 0.1) is 13.2 Å². The molecule has 1 fully saturated rings. The van der Waals surface area contributed by atoms with Crippen molar-refractivity contribution in [2.75, 3.05) is 27.2 Å². The molecule has 0 bridgehead atoms. The monoisotopic (exact) mass is 305 g/mol. The Morgan fingerprint density at radius 2 is 2.23 bits per heavy atom. The number of ether oxygens (including phenoxy) is 1. The van der Waals surface area contributed by atoms with Crippen molar-refractivity contribution in [1.29, 1.82) is 0 Å². The van der Waals surface area contributed by atoms with Crippen LogP contribution in [0.4, 0.5) is 4.79 Å². The molecule has 1 saturated heterocycles. The van der Waals surface area contributed by atoms with E-state index in [2.05, 4.69) is 11.4 Å². The molecule has 120 valence electrons. The second-order valence-corrected chi connectivity index (χ2v) is 5.63. The maximum absolute atomic E-state index is 12.4. The summed E-state index contributed by atoms with van der Waals surface area (Å²) in [6.45, 7) is 5.37. The van der Waals surface area contributed by atoms with Gasteiger partial charge >= 0.3 is 6.03 Å². The predicted octanol–water partition coefficient (Wildman–Crippen LogP) is 1.38. The minimum Gasteiger partial charge on any atom is -0.496 e. The molecule has 1 heterocycles. The van der Waals surface area contributed by atoms with Crippen LogP contribution in [0, 0.1) is 6.92 Å². The summed E-state index contributed by atoms with van der Waals surface area (Å²) < 4.78 is 5.37. The lowest BCUT2D eigenvalue weighted by Crippen LogP contribution is -2.46. The summed E-state index contributed by atoms with van der Waals surface area (Å²) >= 11 is 0. The van der Waals surface area contributed by atoms with Gasteiger partial charge in [-0.3, -0.25) is 14.6 Å². The average Bonchev–Trinajstić information content (AvgIpc) is 2.92. The lowest BCUT2D eigenvalue weighted by atomic mass is 10.1. The Kier molecular flexibility index (Phi) is 5.03. The zero-order chi connectivity index (χ0) is 16.3. The van der Waals surface area contributed by atoms with Crippen molar-refractivity contribution in [3.05, 3.63) is 29.3 Å². The van der Waals surface area contributed by atoms with Crippen LogP contribution in [0.5, 0.6) is 5.75 Å². The number of rotatable bonds is 5. The smallest absolute Gasteiger partial charge is 0.324 e. The lowest BCUT2D eigenvalue weighted by molar-refractivity contribution is -0.132. The molecule has 0 spiro atoms. The fraction of sp³-hybridized carbons (Fsp3) is 0.500. The minimum absolute atomic E-state index is 0.177. The van der Waals surface area contributed by atoms with E-state index in [0.717, 1.165) is 16.9 Å². The van der Waals surface area contributed by atoms with Crippen molar-refractivity contribution in [1.82, 2.24) is 15.1 Å². The Morgan fingerprint density at radius 1 is 1.50 bits per heavy atom. The van der Waals surface area contributed by atoms with Crippen molar-refractivity contribution >= 4 is 11.9 Å². The zero-order valence-corrected chi connectivity index (χ0v) is 13.5. The van der Waals surface area contributed by atoms with Gasteiger partial charge in [0.25, 0.3) is 0 Å². The number of urea groups is 1. The fourth-order valence-corrected chi connectivity index (χ4v) is 2.53. The number of carbonyl (C=O) groups is 2. The Labute approximate surface area is 131 Å². The lowest BCUT2D eigenvalue weighted by Gasteiger charge is -2.27. The maximum Gasteiger partial charge on any atom is 0.324 e. The summed E-state index contributed by atoms with van der Waals surface area (Å²) in [5.74, 6) is 0.625. The summed E-state index contributed by atoms with van der Waals surface area (Å²) in [4.78, 5) is 27.2. The zero-order valence-electron chi connectivity index (χ0n) is 13.5. The first kappa shape index (κ1) is 16.3. The van der Waals surface area contributed by atoms with Crippen LogP contribution in [0.25, 0.3) is 0 Å². The van der Waals surface area contributed by atoms with Crippen LogP contribution in [0.1, 0.15) is 18.1 Å². The highest BCUT2D eigenvalue weighted by molar-refractivity contribution is 5.98. The molecular weight excluding hydrogens is 282 g/mol. The van der Waals surface area contributed by atoms with Crippen molar-refractivity contribution in [3.8, 4) is 5.75 Å². The Morgan fingerprint density at radius 3 is 2.82 bits per heavy atom. The molecule has 1 aromatic rings. The molecule has 6 heteroatoms. The van der Waals surface area contributed by atoms with Crippen molar-refractivity contribution < 1.29 is 14.3 Å². The molecule has 1 atom stereocenters. The van der Waals surface area contributed by atoms with E-state index in [4.69, 9.17) is 4.74 Å². The van der Waals surface area contributed by atoms with E-state index in [0.29, 0.717) is 19.6 Å². The van der Waals surface area contributed by atoms with Gasteiger partial charge in [0, 0.05) is 25.2 Å². The van der Waals surface area contributed by atoms with Gasteiger partial charge in [-0.05, 0) is 27.0 Å². The van der Waals surface area contributed by atoms with E-state index < -0.39 is 0 Å². The van der Waals surface area contributed by atoms with Crippen molar-refractivity contribution in [2.24, 2.45) is 0 Å². The van der Waals surface area contributed by atoms with Gasteiger partial charge < -0.3 is 10.1 Å². The molecule has 0 unspecified atom stereocenters. The third-order valence-electron chi connectivity index (χ3n) is 4.00. The van der Waals surface area contributed by atoms with Crippen LogP contribution in [0.15, 0.2) is 18.2 Å². The molecule has 0 radical (unpaired) electrons. The number of aryl methyl sites for hydroxylation is 1. The molecule has 1 aromatic carbocycles. The highest BCUT2D eigenvalue weighted by Gasteiger charge is 2.31. The standard InChI is InChI=1S/C16H23N3O3/c1-11-5-6-14(22-4)13(9-11)10-18(3)12(2)15(20)19-8-7-17-16(19)21/h5-6,9,12H,7-8,10H2,1-4H3,(H,17,21)/t12-/m1/s1. The van der Waals surface area contributed by atoms with E-state index in [1.54, 1.807) is 7.11 Å². The average molecular weight is 305 g/mol. The largest absolute Gasteiger partial charge is 0.496 e. The first-order valence-corrected chi connectivity index (χ1v) is 7.37. The third-order valence-corrected chi connectivity index (χ3v) is 4.00.